The highest BCUT2D eigenvalue weighted by atomic mass is 79.9. The summed E-state index contributed by atoms with van der Waals surface area (Å²) in [5, 5.41) is 4.91. The summed E-state index contributed by atoms with van der Waals surface area (Å²) < 4.78 is 22.7. The summed E-state index contributed by atoms with van der Waals surface area (Å²) in [6.07, 6.45) is 0. The van der Waals surface area contributed by atoms with Crippen LogP contribution in [0, 0.1) is 5.82 Å². The number of thiophene rings is 1. The number of nitrogens with zero attached hydrogens (tertiary/aromatic N) is 1. The Labute approximate surface area is 180 Å². The molecule has 0 saturated heterocycles. The fourth-order valence-electron chi connectivity index (χ4n) is 3.26. The molecule has 2 aromatic heterocycles. The maximum absolute atomic E-state index is 13.4. The molecule has 4 nitrogen and oxygen atoms in total. The minimum absolute atomic E-state index is 0.201. The molecule has 2 aromatic carbocycles. The quantitative estimate of drug-likeness (QED) is 0.397. The first kappa shape index (κ1) is 19.7. The maximum Gasteiger partial charge on any atom is 0.268 e. The van der Waals surface area contributed by atoms with Gasteiger partial charge in [0.2, 0.25) is 0 Å². The predicted molar refractivity (Wildman–Crippen MR) is 117 cm³/mol. The largest absolute Gasteiger partial charge is 0.497 e. The molecule has 7 heteroatoms. The van der Waals surface area contributed by atoms with Crippen molar-refractivity contribution in [2.75, 3.05) is 7.11 Å². The topological polar surface area (TPSA) is 43.3 Å². The van der Waals surface area contributed by atoms with Crippen LogP contribution in [-0.4, -0.2) is 17.6 Å². The Kier molecular flexibility index (Phi) is 5.69. The second kappa shape index (κ2) is 8.39. The molecule has 0 aliphatic heterocycles. The lowest BCUT2D eigenvalue weighted by Crippen LogP contribution is -2.25. The van der Waals surface area contributed by atoms with E-state index in [1.54, 1.807) is 30.6 Å². The fraction of sp³-hybridized carbons (Fsp3) is 0.136. The van der Waals surface area contributed by atoms with E-state index in [0.29, 0.717) is 17.8 Å². The zero-order valence-electron chi connectivity index (χ0n) is 15.6. The molecule has 0 bridgehead atoms. The van der Waals surface area contributed by atoms with E-state index in [1.807, 2.05) is 40.3 Å². The monoisotopic (exact) mass is 472 g/mol. The Hall–Kier alpha value is -2.64. The first-order valence-electron chi connectivity index (χ1n) is 8.97. The van der Waals surface area contributed by atoms with E-state index in [9.17, 15) is 9.18 Å². The minimum Gasteiger partial charge on any atom is -0.497 e. The van der Waals surface area contributed by atoms with Gasteiger partial charge in [0.1, 0.15) is 17.3 Å². The van der Waals surface area contributed by atoms with E-state index in [-0.39, 0.29) is 18.3 Å². The smallest absolute Gasteiger partial charge is 0.268 e. The first-order chi connectivity index (χ1) is 14.0. The van der Waals surface area contributed by atoms with E-state index in [2.05, 4.69) is 21.2 Å². The van der Waals surface area contributed by atoms with Gasteiger partial charge in [-0.25, -0.2) is 4.39 Å². The maximum atomic E-state index is 13.4. The molecule has 0 atom stereocenters. The molecule has 29 heavy (non-hydrogen) atoms. The van der Waals surface area contributed by atoms with Crippen molar-refractivity contribution in [1.82, 2.24) is 9.88 Å². The highest BCUT2D eigenvalue weighted by Gasteiger charge is 2.19. The molecule has 0 saturated carbocycles. The van der Waals surface area contributed by atoms with Crippen LogP contribution in [0.2, 0.25) is 0 Å². The standard InChI is InChI=1S/C22H18BrFN2O2S/c1-28-17-7-3-5-15(9-17)12-26-19(10-20-21(26)18(23)13-29-20)22(27)25-11-14-4-2-6-16(24)8-14/h2-10,13H,11-12H2,1H3,(H,25,27). The summed E-state index contributed by atoms with van der Waals surface area (Å²) in [4.78, 5) is 13.0. The van der Waals surface area contributed by atoms with Gasteiger partial charge >= 0.3 is 0 Å². The lowest BCUT2D eigenvalue weighted by Gasteiger charge is -2.12. The van der Waals surface area contributed by atoms with Gasteiger partial charge in [-0.05, 0) is 57.4 Å². The normalized spacial score (nSPS) is 11.0. The summed E-state index contributed by atoms with van der Waals surface area (Å²) in [6.45, 7) is 0.786. The lowest BCUT2D eigenvalue weighted by molar-refractivity contribution is 0.0942. The van der Waals surface area contributed by atoms with Crippen molar-refractivity contribution in [2.24, 2.45) is 0 Å². The molecule has 0 aliphatic carbocycles. The lowest BCUT2D eigenvalue weighted by atomic mass is 10.2. The highest BCUT2D eigenvalue weighted by Crippen LogP contribution is 2.34. The van der Waals surface area contributed by atoms with Gasteiger partial charge < -0.3 is 14.6 Å². The van der Waals surface area contributed by atoms with Crippen molar-refractivity contribution in [3.05, 3.63) is 87.1 Å². The van der Waals surface area contributed by atoms with Crippen molar-refractivity contribution >= 4 is 43.4 Å². The summed E-state index contributed by atoms with van der Waals surface area (Å²) in [6, 6.07) is 15.9. The van der Waals surface area contributed by atoms with Gasteiger partial charge in [0, 0.05) is 18.5 Å². The van der Waals surface area contributed by atoms with Crippen LogP contribution in [0.15, 0.2) is 64.5 Å². The van der Waals surface area contributed by atoms with Crippen LogP contribution < -0.4 is 10.1 Å². The summed E-state index contributed by atoms with van der Waals surface area (Å²) in [5.74, 6) is 0.252. The van der Waals surface area contributed by atoms with Crippen molar-refractivity contribution in [3.63, 3.8) is 0 Å². The number of ether oxygens (including phenoxy) is 1. The van der Waals surface area contributed by atoms with Gasteiger partial charge in [-0.15, -0.1) is 11.3 Å². The third kappa shape index (κ3) is 4.21. The molecule has 2 heterocycles. The summed E-state index contributed by atoms with van der Waals surface area (Å²) in [5.41, 5.74) is 3.28. The number of hydrogen-bond acceptors (Lipinski definition) is 3. The fourth-order valence-corrected chi connectivity index (χ4v) is 4.95. The number of nitrogens with one attached hydrogen (secondary N) is 1. The van der Waals surface area contributed by atoms with Crippen molar-refractivity contribution < 1.29 is 13.9 Å². The van der Waals surface area contributed by atoms with Crippen molar-refractivity contribution in [2.45, 2.75) is 13.1 Å². The number of carbonyl (C=O) groups is 1. The second-order valence-electron chi connectivity index (χ2n) is 6.58. The van der Waals surface area contributed by atoms with Gasteiger partial charge in [0.25, 0.3) is 5.91 Å². The third-order valence-corrected chi connectivity index (χ3v) is 6.45. The van der Waals surface area contributed by atoms with E-state index >= 15 is 0 Å². The Morgan fingerprint density at radius 3 is 2.76 bits per heavy atom. The van der Waals surface area contributed by atoms with Crippen molar-refractivity contribution in [1.29, 1.82) is 0 Å². The third-order valence-electron chi connectivity index (χ3n) is 4.63. The van der Waals surface area contributed by atoms with E-state index in [4.69, 9.17) is 4.74 Å². The molecular formula is C22H18BrFN2O2S. The van der Waals surface area contributed by atoms with E-state index < -0.39 is 0 Å². The van der Waals surface area contributed by atoms with Gasteiger partial charge in [-0.3, -0.25) is 4.79 Å². The molecule has 148 valence electrons. The van der Waals surface area contributed by atoms with Crippen LogP contribution in [-0.2, 0) is 13.1 Å². The number of hydrogen-bond donors (Lipinski definition) is 1. The second-order valence-corrected chi connectivity index (χ2v) is 8.34. The Morgan fingerprint density at radius 1 is 1.17 bits per heavy atom. The molecule has 0 spiro atoms. The van der Waals surface area contributed by atoms with Gasteiger partial charge in [0.05, 0.1) is 21.8 Å². The molecule has 4 aromatic rings. The Bertz CT molecular complexity index is 1180. The molecular weight excluding hydrogens is 455 g/mol. The van der Waals surface area contributed by atoms with Crippen molar-refractivity contribution in [3.8, 4) is 5.75 Å². The number of fused-ring (bicyclic) bond motifs is 1. The molecule has 1 N–H and O–H groups in total. The van der Waals surface area contributed by atoms with Crippen LogP contribution in [0.3, 0.4) is 0 Å². The molecule has 0 fully saturated rings. The average molecular weight is 473 g/mol. The molecule has 4 rings (SSSR count). The Morgan fingerprint density at radius 2 is 1.97 bits per heavy atom. The molecule has 0 radical (unpaired) electrons. The minimum atomic E-state index is -0.317. The zero-order chi connectivity index (χ0) is 20.4. The Balaban J connectivity index is 1.64. The number of amides is 1. The SMILES string of the molecule is COc1cccc(Cn2c(C(=O)NCc3cccc(F)c3)cc3scc(Br)c32)c1. The predicted octanol–water partition coefficient (Wildman–Crippen LogP) is 5.59. The van der Waals surface area contributed by atoms with Gasteiger partial charge in [0.15, 0.2) is 0 Å². The van der Waals surface area contributed by atoms with Crippen LogP contribution in [0.4, 0.5) is 4.39 Å². The zero-order valence-corrected chi connectivity index (χ0v) is 18.0. The number of halogens is 2. The first-order valence-corrected chi connectivity index (χ1v) is 10.6. The van der Waals surface area contributed by atoms with Crippen LogP contribution in [0.1, 0.15) is 21.6 Å². The van der Waals surface area contributed by atoms with E-state index in [1.165, 1.54) is 12.1 Å². The summed E-state index contributed by atoms with van der Waals surface area (Å²) in [7, 11) is 1.63. The highest BCUT2D eigenvalue weighted by molar-refractivity contribution is 9.10. The number of aromatic nitrogens is 1. The number of methoxy groups -OCH3 is 1. The molecule has 0 aliphatic rings. The number of carbonyl (C=O) groups excluding carboxylic acids is 1. The van der Waals surface area contributed by atoms with Crippen LogP contribution >= 0.6 is 27.3 Å². The molecule has 1 amide bonds. The van der Waals surface area contributed by atoms with Crippen LogP contribution in [0.25, 0.3) is 10.2 Å². The van der Waals surface area contributed by atoms with Gasteiger partial charge in [-0.2, -0.15) is 0 Å². The average Bonchev–Trinajstić information content (AvgIpc) is 3.26. The van der Waals surface area contributed by atoms with Gasteiger partial charge in [-0.1, -0.05) is 24.3 Å². The van der Waals surface area contributed by atoms with E-state index in [0.717, 1.165) is 26.0 Å². The number of rotatable bonds is 6. The number of benzene rings is 2. The molecule has 0 unspecified atom stereocenters. The summed E-state index contributed by atoms with van der Waals surface area (Å²) >= 11 is 5.18. The van der Waals surface area contributed by atoms with Crippen LogP contribution in [0.5, 0.6) is 5.75 Å².